The van der Waals surface area contributed by atoms with Crippen molar-refractivity contribution in [2.45, 2.75) is 13.3 Å². The van der Waals surface area contributed by atoms with Crippen LogP contribution in [0.15, 0.2) is 72.9 Å². The van der Waals surface area contributed by atoms with Gasteiger partial charge in [0.25, 0.3) is 5.91 Å². The molecule has 0 atom stereocenters. The molecule has 2 heterocycles. The number of amides is 1. The molecule has 0 spiro atoms. The number of nitrogens with zero attached hydrogens (tertiary/aromatic N) is 4. The van der Waals surface area contributed by atoms with Crippen LogP contribution in [0.1, 0.15) is 23.4 Å². The monoisotopic (exact) mass is 513 g/mol. The summed E-state index contributed by atoms with van der Waals surface area (Å²) in [6.07, 6.45) is 2.14. The summed E-state index contributed by atoms with van der Waals surface area (Å²) in [4.78, 5) is 21.5. The Bertz CT molecular complexity index is 1620. The van der Waals surface area contributed by atoms with Crippen molar-refractivity contribution in [3.63, 3.8) is 0 Å². The van der Waals surface area contributed by atoms with Crippen LogP contribution in [0.3, 0.4) is 0 Å². The molecule has 38 heavy (non-hydrogen) atoms. The minimum Gasteiger partial charge on any atom is -0.493 e. The molecule has 0 saturated carbocycles. The van der Waals surface area contributed by atoms with Crippen LogP contribution in [-0.2, 0) is 6.42 Å². The summed E-state index contributed by atoms with van der Waals surface area (Å²) >= 11 is 0. The molecule has 5 rings (SSSR count). The van der Waals surface area contributed by atoms with Gasteiger partial charge < -0.3 is 19.5 Å². The number of methoxy groups -OCH3 is 2. The van der Waals surface area contributed by atoms with Crippen LogP contribution in [-0.4, -0.2) is 39.9 Å². The highest BCUT2D eigenvalue weighted by Gasteiger charge is 2.18. The topological polar surface area (TPSA) is 100 Å². The van der Waals surface area contributed by atoms with Crippen LogP contribution in [0.4, 0.5) is 10.1 Å². The van der Waals surface area contributed by atoms with Gasteiger partial charge in [-0.3, -0.25) is 9.78 Å². The third-order valence-corrected chi connectivity index (χ3v) is 5.81. The third kappa shape index (κ3) is 4.83. The molecule has 1 N–H and O–H groups in total. The number of hydrogen-bond acceptors (Lipinski definition) is 7. The second kappa shape index (κ2) is 10.6. The maximum Gasteiger partial charge on any atom is 0.295 e. The summed E-state index contributed by atoms with van der Waals surface area (Å²) in [5.74, 6) is 0.776. The van der Waals surface area contributed by atoms with E-state index in [2.05, 4.69) is 20.4 Å². The number of pyridine rings is 1. The number of aryl methyl sites for hydroxylation is 1. The number of ether oxygens (including phenoxy) is 3. The summed E-state index contributed by atoms with van der Waals surface area (Å²) in [5, 5.41) is 7.62. The Balaban J connectivity index is 1.37. The van der Waals surface area contributed by atoms with Gasteiger partial charge in [0.05, 0.1) is 25.4 Å². The minimum absolute atomic E-state index is 0.0148. The number of hydrogen-bond donors (Lipinski definition) is 1. The normalized spacial score (nSPS) is 10.8. The van der Waals surface area contributed by atoms with E-state index in [1.54, 1.807) is 29.1 Å². The predicted molar refractivity (Wildman–Crippen MR) is 140 cm³/mol. The van der Waals surface area contributed by atoms with Crippen LogP contribution in [0, 0.1) is 5.82 Å². The van der Waals surface area contributed by atoms with Crippen molar-refractivity contribution >= 4 is 22.5 Å². The highest BCUT2D eigenvalue weighted by Crippen LogP contribution is 2.37. The highest BCUT2D eigenvalue weighted by atomic mass is 19.1. The first kappa shape index (κ1) is 24.7. The standard InChI is InChI=1S/C28H24FN5O4/c1-4-26-32-27(33-34(26)18-8-6-5-7-9-18)28(35)31-17-10-11-23(20(29)14-17)38-22-12-13-30-21-16-25(37-3)24(36-2)15-19(21)22/h5-16H,4H2,1-3H3,(H,31,35). The number of carbonyl (C=O) groups excluding carboxylic acids is 1. The molecule has 5 aromatic rings. The van der Waals surface area contributed by atoms with Crippen LogP contribution in [0.5, 0.6) is 23.0 Å². The van der Waals surface area contributed by atoms with Crippen LogP contribution in [0.25, 0.3) is 16.6 Å². The Morgan fingerprint density at radius 2 is 1.71 bits per heavy atom. The van der Waals surface area contributed by atoms with E-state index in [0.29, 0.717) is 40.4 Å². The molecule has 9 nitrogen and oxygen atoms in total. The number of nitrogens with one attached hydrogen (secondary N) is 1. The summed E-state index contributed by atoms with van der Waals surface area (Å²) in [5.41, 5.74) is 1.63. The molecule has 0 unspecified atom stereocenters. The van der Waals surface area contributed by atoms with Gasteiger partial charge in [0.2, 0.25) is 5.82 Å². The first-order valence-corrected chi connectivity index (χ1v) is 11.8. The van der Waals surface area contributed by atoms with Crippen molar-refractivity contribution in [2.24, 2.45) is 0 Å². The van der Waals surface area contributed by atoms with Gasteiger partial charge in [-0.25, -0.2) is 14.1 Å². The molecule has 0 fully saturated rings. The Labute approximate surface area is 217 Å². The van der Waals surface area contributed by atoms with Crippen molar-refractivity contribution in [1.29, 1.82) is 0 Å². The van der Waals surface area contributed by atoms with Crippen molar-refractivity contribution < 1.29 is 23.4 Å². The van der Waals surface area contributed by atoms with Crippen LogP contribution >= 0.6 is 0 Å². The fraction of sp³-hybridized carbons (Fsp3) is 0.143. The molecule has 0 bridgehead atoms. The Morgan fingerprint density at radius 3 is 2.42 bits per heavy atom. The van der Waals surface area contributed by atoms with Gasteiger partial charge in [-0.05, 0) is 36.4 Å². The van der Waals surface area contributed by atoms with E-state index < -0.39 is 11.7 Å². The van der Waals surface area contributed by atoms with E-state index in [1.165, 1.54) is 32.4 Å². The van der Waals surface area contributed by atoms with E-state index >= 15 is 4.39 Å². The third-order valence-electron chi connectivity index (χ3n) is 5.81. The van der Waals surface area contributed by atoms with Crippen molar-refractivity contribution in [2.75, 3.05) is 19.5 Å². The fourth-order valence-electron chi connectivity index (χ4n) is 3.95. The largest absolute Gasteiger partial charge is 0.493 e. The fourth-order valence-corrected chi connectivity index (χ4v) is 3.95. The molecule has 0 radical (unpaired) electrons. The zero-order chi connectivity index (χ0) is 26.6. The average Bonchev–Trinajstić information content (AvgIpc) is 3.39. The van der Waals surface area contributed by atoms with Gasteiger partial charge in [0.15, 0.2) is 23.1 Å². The van der Waals surface area contributed by atoms with Gasteiger partial charge in [0.1, 0.15) is 11.6 Å². The van der Waals surface area contributed by atoms with E-state index in [9.17, 15) is 4.79 Å². The second-order valence-corrected chi connectivity index (χ2v) is 8.19. The first-order valence-electron chi connectivity index (χ1n) is 11.8. The maximum atomic E-state index is 15.0. The Morgan fingerprint density at radius 1 is 0.947 bits per heavy atom. The molecular formula is C28H24FN5O4. The number of anilines is 1. The Kier molecular flexibility index (Phi) is 6.86. The van der Waals surface area contributed by atoms with Crippen molar-refractivity contribution in [3.05, 3.63) is 90.4 Å². The quantitative estimate of drug-likeness (QED) is 0.289. The number of aromatic nitrogens is 4. The number of carbonyl (C=O) groups is 1. The lowest BCUT2D eigenvalue weighted by Crippen LogP contribution is -2.14. The molecule has 10 heteroatoms. The molecule has 3 aromatic carbocycles. The minimum atomic E-state index is -0.662. The van der Waals surface area contributed by atoms with Crippen molar-refractivity contribution in [1.82, 2.24) is 19.7 Å². The van der Waals surface area contributed by atoms with E-state index in [-0.39, 0.29) is 17.3 Å². The summed E-state index contributed by atoms with van der Waals surface area (Å²) in [7, 11) is 3.06. The summed E-state index contributed by atoms with van der Waals surface area (Å²) < 4.78 is 33.2. The van der Waals surface area contributed by atoms with Gasteiger partial charge in [-0.1, -0.05) is 25.1 Å². The van der Waals surface area contributed by atoms with E-state index in [1.807, 2.05) is 37.3 Å². The zero-order valence-corrected chi connectivity index (χ0v) is 20.9. The summed E-state index contributed by atoms with van der Waals surface area (Å²) in [6.45, 7) is 1.93. The molecule has 192 valence electrons. The molecule has 0 aliphatic carbocycles. The summed E-state index contributed by atoms with van der Waals surface area (Å²) in [6, 6.07) is 18.6. The van der Waals surface area contributed by atoms with E-state index in [0.717, 1.165) is 5.69 Å². The lowest BCUT2D eigenvalue weighted by molar-refractivity contribution is 0.101. The predicted octanol–water partition coefficient (Wildman–Crippen LogP) is 5.58. The van der Waals surface area contributed by atoms with Gasteiger partial charge in [0, 0.05) is 35.8 Å². The SMILES string of the molecule is CCc1nc(C(=O)Nc2ccc(Oc3ccnc4cc(OC)c(OC)cc34)c(F)c2)nn1-c1ccccc1. The number of rotatable bonds is 8. The number of para-hydroxylation sites is 1. The molecule has 0 aliphatic heterocycles. The molecule has 1 amide bonds. The van der Waals surface area contributed by atoms with Crippen LogP contribution in [0.2, 0.25) is 0 Å². The molecule has 0 saturated heterocycles. The molecular weight excluding hydrogens is 489 g/mol. The lowest BCUT2D eigenvalue weighted by atomic mass is 10.2. The zero-order valence-electron chi connectivity index (χ0n) is 20.9. The van der Waals surface area contributed by atoms with Gasteiger partial charge in [-0.15, -0.1) is 5.10 Å². The first-order chi connectivity index (χ1) is 18.5. The van der Waals surface area contributed by atoms with Gasteiger partial charge >= 0.3 is 0 Å². The highest BCUT2D eigenvalue weighted by molar-refractivity contribution is 6.01. The van der Waals surface area contributed by atoms with Crippen molar-refractivity contribution in [3.8, 4) is 28.7 Å². The van der Waals surface area contributed by atoms with E-state index in [4.69, 9.17) is 14.2 Å². The average molecular weight is 514 g/mol. The Hall–Kier alpha value is -4.99. The number of fused-ring (bicyclic) bond motifs is 1. The molecule has 2 aromatic heterocycles. The number of benzene rings is 3. The van der Waals surface area contributed by atoms with Crippen LogP contribution < -0.4 is 19.5 Å². The molecule has 0 aliphatic rings. The lowest BCUT2D eigenvalue weighted by Gasteiger charge is -2.13. The number of halogens is 1. The van der Waals surface area contributed by atoms with Gasteiger partial charge in [-0.2, -0.15) is 0 Å². The maximum absolute atomic E-state index is 15.0. The smallest absolute Gasteiger partial charge is 0.295 e. The second-order valence-electron chi connectivity index (χ2n) is 8.19.